The summed E-state index contributed by atoms with van der Waals surface area (Å²) in [6.45, 7) is 25.1. The Morgan fingerprint density at radius 2 is 1.37 bits per heavy atom. The molecule has 2 atom stereocenters. The van der Waals surface area contributed by atoms with Crippen molar-refractivity contribution in [3.05, 3.63) is 35.9 Å². The van der Waals surface area contributed by atoms with Gasteiger partial charge in [0.15, 0.2) is 0 Å². The molecule has 0 saturated carbocycles. The number of rotatable bonds is 10. The normalized spacial score (nSPS) is 15.4. The van der Waals surface area contributed by atoms with Gasteiger partial charge in [-0.15, -0.1) is 0 Å². The van der Waals surface area contributed by atoms with E-state index in [1.54, 1.807) is 0 Å². The first-order valence-corrected chi connectivity index (χ1v) is 12.8. The van der Waals surface area contributed by atoms with E-state index in [0.717, 1.165) is 5.56 Å². The van der Waals surface area contributed by atoms with E-state index in [4.69, 9.17) is 9.57 Å². The molecule has 5 heteroatoms. The summed E-state index contributed by atoms with van der Waals surface area (Å²) in [7, 11) is 0. The van der Waals surface area contributed by atoms with Crippen molar-refractivity contribution >= 4 is 17.7 Å². The molecule has 198 valence electrons. The molecule has 0 aliphatic heterocycles. The first kappa shape index (κ1) is 30.9. The summed E-state index contributed by atoms with van der Waals surface area (Å²) in [6, 6.07) is 9.68. The second-order valence-electron chi connectivity index (χ2n) is 13.3. The van der Waals surface area contributed by atoms with Gasteiger partial charge in [-0.1, -0.05) is 105 Å². The molecule has 1 rings (SSSR count). The number of benzene rings is 1. The summed E-state index contributed by atoms with van der Waals surface area (Å²) in [4.78, 5) is 32.0. The molecule has 0 aromatic heterocycles. The molecule has 0 saturated heterocycles. The zero-order chi connectivity index (χ0) is 27.2. The number of ether oxygens (including phenoxy) is 1. The van der Waals surface area contributed by atoms with Crippen LogP contribution in [0.4, 0.5) is 0 Å². The molecule has 0 aliphatic carbocycles. The highest BCUT2D eigenvalue weighted by atomic mass is 16.7. The van der Waals surface area contributed by atoms with Crippen molar-refractivity contribution in [3.63, 3.8) is 0 Å². The fourth-order valence-corrected chi connectivity index (χ4v) is 4.39. The summed E-state index contributed by atoms with van der Waals surface area (Å²) in [5.74, 6) is -1.22. The van der Waals surface area contributed by atoms with E-state index < -0.39 is 11.3 Å². The minimum absolute atomic E-state index is 0.0974. The van der Waals surface area contributed by atoms with Crippen molar-refractivity contribution in [1.29, 1.82) is 0 Å². The van der Waals surface area contributed by atoms with Crippen LogP contribution in [0.3, 0.4) is 0 Å². The second kappa shape index (κ2) is 11.7. The predicted molar refractivity (Wildman–Crippen MR) is 144 cm³/mol. The largest absolute Gasteiger partial charge is 0.466 e. The number of carbonyl (C=O) groups is 2. The Balaban J connectivity index is 3.32. The van der Waals surface area contributed by atoms with Crippen LogP contribution in [0.15, 0.2) is 35.5 Å². The number of nitrogens with zero attached hydrogens (tertiary/aromatic N) is 1. The zero-order valence-electron chi connectivity index (χ0n) is 24.2. The standard InChI is InChI=1S/C30H49NO4/c1-13-34-25(32)23(28(6,7)8)20-29(9,10)30(11,12)24(19-27(3,4)5)26(33)35-31-21(2)22-17-15-14-16-18-22/h14-18,23-24H,13,19-20H2,1-12H3/t23-,24-/m1/s1. The highest BCUT2D eigenvalue weighted by molar-refractivity contribution is 5.98. The van der Waals surface area contributed by atoms with Crippen molar-refractivity contribution in [2.75, 3.05) is 6.61 Å². The van der Waals surface area contributed by atoms with Gasteiger partial charge in [-0.05, 0) is 53.9 Å². The monoisotopic (exact) mass is 487 g/mol. The second-order valence-corrected chi connectivity index (χ2v) is 13.3. The Morgan fingerprint density at radius 1 is 0.829 bits per heavy atom. The van der Waals surface area contributed by atoms with Crippen LogP contribution < -0.4 is 0 Å². The molecule has 0 fully saturated rings. The van der Waals surface area contributed by atoms with E-state index in [9.17, 15) is 9.59 Å². The average Bonchev–Trinajstić information content (AvgIpc) is 2.73. The van der Waals surface area contributed by atoms with Crippen molar-refractivity contribution in [2.24, 2.45) is 38.7 Å². The maximum atomic E-state index is 13.5. The summed E-state index contributed by atoms with van der Waals surface area (Å²) >= 11 is 0. The van der Waals surface area contributed by atoms with Gasteiger partial charge >= 0.3 is 11.9 Å². The van der Waals surface area contributed by atoms with Crippen LogP contribution in [-0.2, 0) is 19.2 Å². The summed E-state index contributed by atoms with van der Waals surface area (Å²) in [6.07, 6.45) is 1.24. The lowest BCUT2D eigenvalue weighted by molar-refractivity contribution is -0.162. The minimum Gasteiger partial charge on any atom is -0.466 e. The van der Waals surface area contributed by atoms with Crippen molar-refractivity contribution < 1.29 is 19.2 Å². The van der Waals surface area contributed by atoms with Gasteiger partial charge in [0.1, 0.15) is 0 Å². The molecule has 1 aromatic carbocycles. The Morgan fingerprint density at radius 3 is 1.83 bits per heavy atom. The van der Waals surface area contributed by atoms with E-state index >= 15 is 0 Å². The van der Waals surface area contributed by atoms with E-state index in [1.807, 2.05) is 44.2 Å². The summed E-state index contributed by atoms with van der Waals surface area (Å²) in [5.41, 5.74) is 0.348. The van der Waals surface area contributed by atoms with E-state index in [2.05, 4.69) is 74.4 Å². The lowest BCUT2D eigenvalue weighted by atomic mass is 9.54. The molecule has 0 heterocycles. The Labute approximate surface area is 214 Å². The van der Waals surface area contributed by atoms with Crippen LogP contribution in [0.5, 0.6) is 0 Å². The molecule has 1 aromatic rings. The van der Waals surface area contributed by atoms with Gasteiger partial charge in [-0.2, -0.15) is 0 Å². The van der Waals surface area contributed by atoms with E-state index in [1.165, 1.54) is 0 Å². The molecule has 0 N–H and O–H groups in total. The van der Waals surface area contributed by atoms with Gasteiger partial charge < -0.3 is 9.57 Å². The molecular formula is C30H49NO4. The lowest BCUT2D eigenvalue weighted by Gasteiger charge is -2.49. The van der Waals surface area contributed by atoms with Gasteiger partial charge in [0, 0.05) is 0 Å². The third kappa shape index (κ3) is 8.77. The maximum absolute atomic E-state index is 13.5. The van der Waals surface area contributed by atoms with E-state index in [0.29, 0.717) is 25.2 Å². The third-order valence-corrected chi connectivity index (χ3v) is 7.51. The Hall–Kier alpha value is -2.17. The molecule has 35 heavy (non-hydrogen) atoms. The van der Waals surface area contributed by atoms with Gasteiger partial charge in [0.2, 0.25) is 0 Å². The molecule has 0 spiro atoms. The topological polar surface area (TPSA) is 65.0 Å². The molecule has 0 aliphatic rings. The molecule has 5 nitrogen and oxygen atoms in total. The minimum atomic E-state index is -0.483. The smallest absolute Gasteiger partial charge is 0.338 e. The highest BCUT2D eigenvalue weighted by Gasteiger charge is 2.51. The quantitative estimate of drug-likeness (QED) is 0.147. The first-order chi connectivity index (χ1) is 15.8. The third-order valence-electron chi connectivity index (χ3n) is 7.51. The van der Waals surface area contributed by atoms with Crippen molar-refractivity contribution in [3.8, 4) is 0 Å². The fourth-order valence-electron chi connectivity index (χ4n) is 4.39. The van der Waals surface area contributed by atoms with E-state index in [-0.39, 0.29) is 34.1 Å². The Bertz CT molecular complexity index is 870. The van der Waals surface area contributed by atoms with Gasteiger partial charge in [0.25, 0.3) is 0 Å². The number of hydrogen-bond donors (Lipinski definition) is 0. The fraction of sp³-hybridized carbons (Fsp3) is 0.700. The van der Waals surface area contributed by atoms with Gasteiger partial charge in [-0.25, -0.2) is 4.79 Å². The van der Waals surface area contributed by atoms with Gasteiger partial charge in [-0.3, -0.25) is 4.79 Å². The SMILES string of the molecule is CCOC(=O)[C@@H](CC(C)(C)C(C)(C)[C@H](CC(C)(C)C)C(=O)ON=C(C)c1ccccc1)C(C)(C)C. The summed E-state index contributed by atoms with van der Waals surface area (Å²) in [5, 5.41) is 4.19. The number of hydrogen-bond acceptors (Lipinski definition) is 5. The van der Waals surface area contributed by atoms with Crippen LogP contribution in [0.1, 0.15) is 101 Å². The number of oxime groups is 1. The van der Waals surface area contributed by atoms with Crippen LogP contribution in [0.25, 0.3) is 0 Å². The highest BCUT2D eigenvalue weighted by Crippen LogP contribution is 2.53. The first-order valence-electron chi connectivity index (χ1n) is 12.8. The average molecular weight is 488 g/mol. The van der Waals surface area contributed by atoms with Crippen LogP contribution in [0.2, 0.25) is 0 Å². The van der Waals surface area contributed by atoms with Crippen LogP contribution in [0, 0.1) is 33.5 Å². The maximum Gasteiger partial charge on any atom is 0.338 e. The summed E-state index contributed by atoms with van der Waals surface area (Å²) < 4.78 is 5.44. The molecular weight excluding hydrogens is 438 g/mol. The van der Waals surface area contributed by atoms with Crippen LogP contribution >= 0.6 is 0 Å². The molecule has 0 radical (unpaired) electrons. The molecule has 0 amide bonds. The molecule has 0 bridgehead atoms. The molecule has 0 unspecified atom stereocenters. The lowest BCUT2D eigenvalue weighted by Crippen LogP contribution is -2.47. The predicted octanol–water partition coefficient (Wildman–Crippen LogP) is 7.67. The number of carbonyl (C=O) groups excluding carboxylic acids is 2. The van der Waals surface area contributed by atoms with Crippen molar-refractivity contribution in [1.82, 2.24) is 0 Å². The van der Waals surface area contributed by atoms with Crippen LogP contribution in [-0.4, -0.2) is 24.3 Å². The Kier molecular flexibility index (Phi) is 10.3. The van der Waals surface area contributed by atoms with Crippen molar-refractivity contribution in [2.45, 2.75) is 95.9 Å². The number of esters is 1. The zero-order valence-corrected chi connectivity index (χ0v) is 24.2. The van der Waals surface area contributed by atoms with Gasteiger partial charge in [0.05, 0.1) is 24.2 Å².